The van der Waals surface area contributed by atoms with E-state index >= 15 is 0 Å². The van der Waals surface area contributed by atoms with Crippen LogP contribution >= 0.6 is 15.9 Å². The van der Waals surface area contributed by atoms with Gasteiger partial charge in [0, 0.05) is 11.9 Å². The Balaban J connectivity index is 2.63. The fourth-order valence-corrected chi connectivity index (χ4v) is 2.68. The summed E-state index contributed by atoms with van der Waals surface area (Å²) in [4.78, 5) is 11.4. The lowest BCUT2D eigenvalue weighted by Gasteiger charge is -2.19. The molecule has 2 unspecified atom stereocenters. The zero-order valence-electron chi connectivity index (χ0n) is 10.2. The largest absolute Gasteiger partial charge is 0.449 e. The molecular formula is C11H19BrN2O3. The summed E-state index contributed by atoms with van der Waals surface area (Å²) in [6.45, 7) is 2.09. The average Bonchev–Trinajstić information content (AvgIpc) is 2.48. The van der Waals surface area contributed by atoms with E-state index in [-0.39, 0.29) is 10.9 Å². The number of carbonyl (C=O) groups is 1. The second-order valence-corrected chi connectivity index (χ2v) is 5.03. The van der Waals surface area contributed by atoms with Crippen LogP contribution < -0.4 is 5.43 Å². The predicted molar refractivity (Wildman–Crippen MR) is 69.6 cm³/mol. The van der Waals surface area contributed by atoms with E-state index in [1.807, 2.05) is 0 Å². The number of ether oxygens (including phenoxy) is 2. The molecule has 2 atom stereocenters. The molecule has 1 aliphatic carbocycles. The highest BCUT2D eigenvalue weighted by Gasteiger charge is 2.26. The van der Waals surface area contributed by atoms with Crippen LogP contribution in [0.4, 0.5) is 4.79 Å². The number of hydrogen-bond acceptors (Lipinski definition) is 4. The number of nitrogens with one attached hydrogen (secondary N) is 1. The third-order valence-electron chi connectivity index (χ3n) is 2.64. The maximum atomic E-state index is 11.2. The van der Waals surface area contributed by atoms with Gasteiger partial charge in [0.05, 0.1) is 12.3 Å². The molecule has 0 saturated heterocycles. The van der Waals surface area contributed by atoms with Crippen molar-refractivity contribution < 1.29 is 14.3 Å². The number of alkyl halides is 1. The van der Waals surface area contributed by atoms with E-state index in [4.69, 9.17) is 9.47 Å². The highest BCUT2D eigenvalue weighted by atomic mass is 79.9. The summed E-state index contributed by atoms with van der Waals surface area (Å²) < 4.78 is 10.2. The topological polar surface area (TPSA) is 59.9 Å². The zero-order chi connectivity index (χ0) is 12.7. The highest BCUT2D eigenvalue weighted by molar-refractivity contribution is 9.09. The third-order valence-corrected chi connectivity index (χ3v) is 3.58. The van der Waals surface area contributed by atoms with Gasteiger partial charge in [0.2, 0.25) is 0 Å². The van der Waals surface area contributed by atoms with Crippen LogP contribution in [0.2, 0.25) is 0 Å². The molecule has 0 aromatic rings. The number of amides is 1. The number of nitrogens with zero attached hydrogens (tertiary/aromatic N) is 1. The lowest BCUT2D eigenvalue weighted by Crippen LogP contribution is -2.33. The van der Waals surface area contributed by atoms with Gasteiger partial charge in [-0.05, 0) is 26.2 Å². The van der Waals surface area contributed by atoms with Crippen molar-refractivity contribution in [2.24, 2.45) is 5.10 Å². The van der Waals surface area contributed by atoms with Crippen molar-refractivity contribution >= 4 is 27.7 Å². The van der Waals surface area contributed by atoms with Crippen LogP contribution in [-0.2, 0) is 9.47 Å². The Labute approximate surface area is 110 Å². The average molecular weight is 307 g/mol. The molecule has 17 heavy (non-hydrogen) atoms. The van der Waals surface area contributed by atoms with Gasteiger partial charge in [-0.25, -0.2) is 10.2 Å². The van der Waals surface area contributed by atoms with E-state index in [2.05, 4.69) is 26.5 Å². The minimum absolute atomic E-state index is 0.0839. The first-order valence-corrected chi connectivity index (χ1v) is 6.76. The first-order valence-electron chi connectivity index (χ1n) is 5.85. The third kappa shape index (κ3) is 4.63. The van der Waals surface area contributed by atoms with E-state index in [0.717, 1.165) is 31.4 Å². The summed E-state index contributed by atoms with van der Waals surface area (Å²) in [5.74, 6) is 0. The molecule has 5 nitrogen and oxygen atoms in total. The molecule has 0 aliphatic heterocycles. The molecule has 1 fully saturated rings. The van der Waals surface area contributed by atoms with Crippen molar-refractivity contribution in [3.63, 3.8) is 0 Å². The van der Waals surface area contributed by atoms with E-state index < -0.39 is 6.09 Å². The van der Waals surface area contributed by atoms with Crippen molar-refractivity contribution in [2.75, 3.05) is 13.7 Å². The molecule has 0 aromatic heterocycles. The van der Waals surface area contributed by atoms with E-state index in [1.54, 1.807) is 14.0 Å². The van der Waals surface area contributed by atoms with Gasteiger partial charge >= 0.3 is 6.09 Å². The van der Waals surface area contributed by atoms with Gasteiger partial charge in [-0.15, -0.1) is 0 Å². The van der Waals surface area contributed by atoms with Gasteiger partial charge in [-0.3, -0.25) is 0 Å². The molecule has 0 aromatic carbocycles. The Hall–Kier alpha value is -0.620. The molecule has 1 rings (SSSR count). The summed E-state index contributed by atoms with van der Waals surface area (Å²) in [6, 6.07) is 0. The summed E-state index contributed by atoms with van der Waals surface area (Å²) in [6.07, 6.45) is 3.48. The quantitative estimate of drug-likeness (QED) is 0.495. The second-order valence-electron chi connectivity index (χ2n) is 3.85. The lowest BCUT2D eigenvalue weighted by molar-refractivity contribution is 0.148. The van der Waals surface area contributed by atoms with E-state index in [1.165, 1.54) is 0 Å². The molecule has 1 N–H and O–H groups in total. The van der Waals surface area contributed by atoms with Crippen molar-refractivity contribution in [3.8, 4) is 0 Å². The Bertz CT molecular complexity index is 284. The van der Waals surface area contributed by atoms with Gasteiger partial charge in [-0.1, -0.05) is 22.4 Å². The standard InChI is InChI=1S/C11H19BrN2O3/c1-3-17-11(15)14-13-9-7-5-4-6-8(12)10(9)16-2/h8,10H,3-7H2,1-2H3,(H,14,15)/b13-9+. The Morgan fingerprint density at radius 3 is 3.00 bits per heavy atom. The maximum absolute atomic E-state index is 11.2. The summed E-state index contributed by atoms with van der Waals surface area (Å²) in [7, 11) is 1.66. The maximum Gasteiger partial charge on any atom is 0.427 e. The SMILES string of the molecule is CCOC(=O)N/N=C1\CCCCC(Br)C1OC. The van der Waals surface area contributed by atoms with Gasteiger partial charge in [0.25, 0.3) is 0 Å². The number of methoxy groups -OCH3 is 1. The zero-order valence-corrected chi connectivity index (χ0v) is 11.8. The molecule has 98 valence electrons. The lowest BCUT2D eigenvalue weighted by atomic mass is 10.1. The van der Waals surface area contributed by atoms with Crippen molar-refractivity contribution in [2.45, 2.75) is 43.5 Å². The van der Waals surface area contributed by atoms with Crippen molar-refractivity contribution in [3.05, 3.63) is 0 Å². The van der Waals surface area contributed by atoms with Crippen LogP contribution in [0.15, 0.2) is 5.10 Å². The van der Waals surface area contributed by atoms with E-state index in [0.29, 0.717) is 6.61 Å². The smallest absolute Gasteiger partial charge is 0.427 e. The molecule has 6 heteroatoms. The number of rotatable bonds is 3. The van der Waals surface area contributed by atoms with Gasteiger partial charge in [0.15, 0.2) is 0 Å². The molecule has 0 spiro atoms. The molecular weight excluding hydrogens is 288 g/mol. The van der Waals surface area contributed by atoms with Gasteiger partial charge in [-0.2, -0.15) is 5.10 Å². The van der Waals surface area contributed by atoms with Crippen LogP contribution in [-0.4, -0.2) is 36.5 Å². The minimum Gasteiger partial charge on any atom is -0.449 e. The van der Waals surface area contributed by atoms with E-state index in [9.17, 15) is 4.79 Å². The van der Waals surface area contributed by atoms with Gasteiger partial charge in [0.1, 0.15) is 6.10 Å². The molecule has 1 saturated carbocycles. The predicted octanol–water partition coefficient (Wildman–Crippen LogP) is 2.44. The van der Waals surface area contributed by atoms with Crippen LogP contribution in [0.5, 0.6) is 0 Å². The summed E-state index contributed by atoms with van der Waals surface area (Å²) >= 11 is 3.59. The van der Waals surface area contributed by atoms with Crippen molar-refractivity contribution in [1.29, 1.82) is 0 Å². The fourth-order valence-electron chi connectivity index (χ4n) is 1.83. The Morgan fingerprint density at radius 2 is 2.35 bits per heavy atom. The molecule has 1 aliphatic rings. The van der Waals surface area contributed by atoms with Crippen molar-refractivity contribution in [1.82, 2.24) is 5.43 Å². The Kier molecular flexibility index (Phi) is 6.50. The molecule has 1 amide bonds. The molecule has 0 bridgehead atoms. The van der Waals surface area contributed by atoms with Crippen LogP contribution in [0.1, 0.15) is 32.6 Å². The number of hydrazone groups is 1. The normalized spacial score (nSPS) is 27.6. The van der Waals surface area contributed by atoms with Crippen LogP contribution in [0.25, 0.3) is 0 Å². The van der Waals surface area contributed by atoms with Crippen LogP contribution in [0.3, 0.4) is 0 Å². The second kappa shape index (κ2) is 7.66. The molecule has 0 heterocycles. The number of hydrogen-bond donors (Lipinski definition) is 1. The Morgan fingerprint density at radius 1 is 1.59 bits per heavy atom. The van der Waals surface area contributed by atoms with Crippen LogP contribution in [0, 0.1) is 0 Å². The summed E-state index contributed by atoms with van der Waals surface area (Å²) in [5, 5.41) is 4.10. The molecule has 0 radical (unpaired) electrons. The monoisotopic (exact) mass is 306 g/mol. The summed E-state index contributed by atoms with van der Waals surface area (Å²) in [5.41, 5.74) is 3.25. The first kappa shape index (κ1) is 14.4. The number of halogens is 1. The minimum atomic E-state index is -0.523. The van der Waals surface area contributed by atoms with Gasteiger partial charge < -0.3 is 9.47 Å². The number of carbonyl (C=O) groups excluding carboxylic acids is 1. The fraction of sp³-hybridized carbons (Fsp3) is 0.818. The first-order chi connectivity index (χ1) is 8.19. The highest BCUT2D eigenvalue weighted by Crippen LogP contribution is 2.24.